The first-order valence-corrected chi connectivity index (χ1v) is 8.57. The molecule has 0 saturated heterocycles. The van der Waals surface area contributed by atoms with E-state index in [4.69, 9.17) is 0 Å². The monoisotopic (exact) mass is 356 g/mol. The van der Waals surface area contributed by atoms with Crippen LogP contribution in [-0.2, 0) is 13.6 Å². The van der Waals surface area contributed by atoms with Gasteiger partial charge in [0.2, 0.25) is 5.95 Å². The van der Waals surface area contributed by atoms with Crippen molar-refractivity contribution in [2.45, 2.75) is 40.3 Å². The van der Waals surface area contributed by atoms with Gasteiger partial charge in [-0.2, -0.15) is 10.1 Å². The van der Waals surface area contributed by atoms with Gasteiger partial charge in [-0.05, 0) is 27.7 Å². The molecule has 0 fully saturated rings. The Kier molecular flexibility index (Phi) is 4.43. The molecule has 26 heavy (non-hydrogen) atoms. The molecule has 3 heterocycles. The van der Waals surface area contributed by atoms with Crippen LogP contribution in [0.4, 0.5) is 5.95 Å². The molecule has 0 amide bonds. The van der Waals surface area contributed by atoms with Crippen LogP contribution in [0.5, 0.6) is 0 Å². The highest BCUT2D eigenvalue weighted by molar-refractivity contribution is 5.91. The summed E-state index contributed by atoms with van der Waals surface area (Å²) in [5.74, 6) is 0.566. The van der Waals surface area contributed by atoms with E-state index in [1.54, 1.807) is 19.0 Å². The molecule has 0 unspecified atom stereocenters. The second kappa shape index (κ2) is 6.44. The smallest absolute Gasteiger partial charge is 0.294 e. The molecule has 138 valence electrons. The number of hydrogen-bond acceptors (Lipinski definition) is 5. The molecular formula is C18H24N6O2. The van der Waals surface area contributed by atoms with E-state index in [0.717, 1.165) is 11.3 Å². The van der Waals surface area contributed by atoms with Crippen LogP contribution in [-0.4, -0.2) is 30.9 Å². The summed E-state index contributed by atoms with van der Waals surface area (Å²) in [4.78, 5) is 30.3. The number of aromatic nitrogens is 4. The van der Waals surface area contributed by atoms with Gasteiger partial charge in [-0.3, -0.25) is 18.5 Å². The zero-order valence-corrected chi connectivity index (χ0v) is 15.9. The Morgan fingerprint density at radius 3 is 2.65 bits per heavy atom. The van der Waals surface area contributed by atoms with E-state index >= 15 is 0 Å². The number of fused-ring (bicyclic) bond motifs is 3. The number of rotatable bonds is 4. The minimum atomic E-state index is -0.397. The normalized spacial score (nSPS) is 17.0. The van der Waals surface area contributed by atoms with Crippen LogP contribution < -0.4 is 16.3 Å². The summed E-state index contributed by atoms with van der Waals surface area (Å²) in [6.07, 6.45) is 3.90. The quantitative estimate of drug-likeness (QED) is 0.783. The van der Waals surface area contributed by atoms with Crippen molar-refractivity contribution in [3.8, 4) is 0 Å². The molecule has 2 aromatic rings. The Bertz CT molecular complexity index is 1070. The second-order valence-electron chi connectivity index (χ2n) is 6.71. The second-order valence-corrected chi connectivity index (χ2v) is 6.71. The van der Waals surface area contributed by atoms with Crippen molar-refractivity contribution in [2.75, 3.05) is 11.6 Å². The van der Waals surface area contributed by atoms with Crippen LogP contribution in [0.3, 0.4) is 0 Å². The van der Waals surface area contributed by atoms with Gasteiger partial charge < -0.3 is 0 Å². The lowest BCUT2D eigenvalue weighted by Gasteiger charge is -2.28. The van der Waals surface area contributed by atoms with E-state index in [0.29, 0.717) is 23.7 Å². The van der Waals surface area contributed by atoms with Crippen LogP contribution >= 0.6 is 0 Å². The predicted octanol–water partition coefficient (Wildman–Crippen LogP) is 1.81. The van der Waals surface area contributed by atoms with Gasteiger partial charge in [-0.25, -0.2) is 9.80 Å². The van der Waals surface area contributed by atoms with Gasteiger partial charge in [0.05, 0.1) is 24.8 Å². The summed E-state index contributed by atoms with van der Waals surface area (Å²) < 4.78 is 4.50. The largest absolute Gasteiger partial charge is 0.332 e. The van der Waals surface area contributed by atoms with Crippen molar-refractivity contribution in [1.82, 2.24) is 18.7 Å². The zero-order chi connectivity index (χ0) is 19.2. The summed E-state index contributed by atoms with van der Waals surface area (Å²) in [5, 5.41) is 6.35. The van der Waals surface area contributed by atoms with Gasteiger partial charge in [0.15, 0.2) is 11.2 Å². The molecule has 0 spiro atoms. The number of anilines is 1. The molecule has 1 atom stereocenters. The van der Waals surface area contributed by atoms with Crippen LogP contribution in [0.15, 0.2) is 39.0 Å². The van der Waals surface area contributed by atoms with Gasteiger partial charge in [0.1, 0.15) is 0 Å². The number of imidazole rings is 1. The van der Waals surface area contributed by atoms with Gasteiger partial charge in [-0.15, -0.1) is 0 Å². The van der Waals surface area contributed by atoms with E-state index in [9.17, 15) is 9.59 Å². The molecule has 0 saturated carbocycles. The number of allylic oxidation sites excluding steroid dienone is 2. The topological polar surface area (TPSA) is 77.4 Å². The molecule has 0 bridgehead atoms. The van der Waals surface area contributed by atoms with E-state index in [1.807, 2.05) is 37.5 Å². The fraction of sp³-hybridized carbons (Fsp3) is 0.444. The van der Waals surface area contributed by atoms with Crippen molar-refractivity contribution in [2.24, 2.45) is 12.1 Å². The fourth-order valence-electron chi connectivity index (χ4n) is 3.12. The maximum atomic E-state index is 13.1. The van der Waals surface area contributed by atoms with Crippen LogP contribution in [0.25, 0.3) is 11.2 Å². The highest BCUT2D eigenvalue weighted by atomic mass is 16.2. The van der Waals surface area contributed by atoms with Gasteiger partial charge in [0, 0.05) is 7.05 Å². The third-order valence-corrected chi connectivity index (χ3v) is 4.60. The Labute approximate surface area is 151 Å². The third kappa shape index (κ3) is 2.61. The van der Waals surface area contributed by atoms with Crippen molar-refractivity contribution in [3.63, 3.8) is 0 Å². The fourth-order valence-corrected chi connectivity index (χ4v) is 3.12. The summed E-state index contributed by atoms with van der Waals surface area (Å²) in [7, 11) is 1.63. The molecule has 1 aliphatic rings. The van der Waals surface area contributed by atoms with Crippen molar-refractivity contribution < 1.29 is 0 Å². The summed E-state index contributed by atoms with van der Waals surface area (Å²) in [6.45, 7) is 12.2. The summed E-state index contributed by atoms with van der Waals surface area (Å²) in [5.41, 5.74) is 1.65. The first kappa shape index (κ1) is 17.9. The standard InChI is InChI=1S/C18H24N6O2/c1-7-8-9-23-17-19-15-14(24(17)13(5)12(4)20-23)16(25)22(10-11(2)3)18(26)21(15)6/h7-8,13H,2,9-10H2,1,3-6H3/b8-7+/t13-/m1/s1. The maximum absolute atomic E-state index is 13.1. The average molecular weight is 356 g/mol. The number of nitrogens with zero attached hydrogens (tertiary/aromatic N) is 6. The molecular weight excluding hydrogens is 332 g/mol. The van der Waals surface area contributed by atoms with Gasteiger partial charge in [-0.1, -0.05) is 24.3 Å². The van der Waals surface area contributed by atoms with Crippen molar-refractivity contribution in [1.29, 1.82) is 0 Å². The van der Waals surface area contributed by atoms with E-state index in [2.05, 4.69) is 16.7 Å². The molecule has 1 aliphatic heterocycles. The Morgan fingerprint density at radius 1 is 1.35 bits per heavy atom. The Balaban J connectivity index is 2.38. The number of hydrazone groups is 1. The molecule has 0 N–H and O–H groups in total. The highest BCUT2D eigenvalue weighted by Gasteiger charge is 2.30. The van der Waals surface area contributed by atoms with Crippen LogP contribution in [0.1, 0.15) is 33.7 Å². The zero-order valence-electron chi connectivity index (χ0n) is 15.9. The summed E-state index contributed by atoms with van der Waals surface area (Å²) in [6, 6.07) is -0.125. The predicted molar refractivity (Wildman–Crippen MR) is 104 cm³/mol. The first-order valence-electron chi connectivity index (χ1n) is 8.57. The molecule has 8 nitrogen and oxygen atoms in total. The first-order chi connectivity index (χ1) is 12.3. The lowest BCUT2D eigenvalue weighted by atomic mass is 10.2. The number of aryl methyl sites for hydroxylation is 1. The minimum absolute atomic E-state index is 0.125. The van der Waals surface area contributed by atoms with Crippen LogP contribution in [0.2, 0.25) is 0 Å². The molecule has 0 aromatic carbocycles. The molecule has 3 rings (SSSR count). The molecule has 0 aliphatic carbocycles. The average Bonchev–Trinajstić information content (AvgIpc) is 2.99. The minimum Gasteiger partial charge on any atom is -0.294 e. The van der Waals surface area contributed by atoms with E-state index < -0.39 is 5.69 Å². The molecule has 2 aromatic heterocycles. The van der Waals surface area contributed by atoms with Crippen LogP contribution in [0, 0.1) is 0 Å². The molecule has 0 radical (unpaired) electrons. The van der Waals surface area contributed by atoms with Gasteiger partial charge in [0.25, 0.3) is 5.56 Å². The lowest BCUT2D eigenvalue weighted by Crippen LogP contribution is -2.40. The molecule has 8 heteroatoms. The van der Waals surface area contributed by atoms with Gasteiger partial charge >= 0.3 is 5.69 Å². The third-order valence-electron chi connectivity index (χ3n) is 4.60. The Morgan fingerprint density at radius 2 is 2.04 bits per heavy atom. The maximum Gasteiger partial charge on any atom is 0.332 e. The number of hydrogen-bond donors (Lipinski definition) is 0. The lowest BCUT2D eigenvalue weighted by molar-refractivity contribution is 0.631. The SMILES string of the molecule is C=C(C)Cn1c(=O)c2c(nc3n2[C@H](C)C(C)=NN3C/C=C/C)n(C)c1=O. The van der Waals surface area contributed by atoms with E-state index in [-0.39, 0.29) is 18.1 Å². The van der Waals surface area contributed by atoms with E-state index in [1.165, 1.54) is 9.13 Å². The summed E-state index contributed by atoms with van der Waals surface area (Å²) >= 11 is 0. The highest BCUT2D eigenvalue weighted by Crippen LogP contribution is 2.29. The van der Waals surface area contributed by atoms with Crippen molar-refractivity contribution >= 4 is 22.8 Å². The Hall–Kier alpha value is -2.90. The van der Waals surface area contributed by atoms with Crippen molar-refractivity contribution in [3.05, 3.63) is 45.1 Å².